The summed E-state index contributed by atoms with van der Waals surface area (Å²) < 4.78 is 1.88. The lowest BCUT2D eigenvalue weighted by Gasteiger charge is -2.15. The second kappa shape index (κ2) is 7.21. The number of pyridine rings is 1. The van der Waals surface area contributed by atoms with Crippen LogP contribution in [0.2, 0.25) is 0 Å². The minimum Gasteiger partial charge on any atom is -0.478 e. The van der Waals surface area contributed by atoms with Crippen LogP contribution in [0.5, 0.6) is 0 Å². The van der Waals surface area contributed by atoms with E-state index in [2.05, 4.69) is 35.4 Å². The summed E-state index contributed by atoms with van der Waals surface area (Å²) in [6.45, 7) is 0. The van der Waals surface area contributed by atoms with E-state index in [1.54, 1.807) is 6.07 Å². The second-order valence-corrected chi connectivity index (χ2v) is 7.76. The maximum atomic E-state index is 11.8. The van der Waals surface area contributed by atoms with Crippen LogP contribution in [0.25, 0.3) is 27.8 Å². The van der Waals surface area contributed by atoms with Gasteiger partial charge in [-0.2, -0.15) is 5.10 Å². The molecule has 2 aromatic carbocycles. The molecular weight excluding hydrogens is 360 g/mol. The van der Waals surface area contributed by atoms with Gasteiger partial charge in [0.05, 0.1) is 17.3 Å². The SMILES string of the molecule is O=C(O)c1ccc(-c2cnn3ccc(-c4ccccc4)cc23)cc1C1CCCC1. The average Bonchev–Trinajstić information content (AvgIpc) is 3.43. The van der Waals surface area contributed by atoms with Crippen molar-refractivity contribution in [3.05, 3.63) is 84.2 Å². The first-order chi connectivity index (χ1) is 14.2. The van der Waals surface area contributed by atoms with Crippen molar-refractivity contribution >= 4 is 11.5 Å². The van der Waals surface area contributed by atoms with Crippen LogP contribution >= 0.6 is 0 Å². The maximum absolute atomic E-state index is 11.8. The number of benzene rings is 2. The average molecular weight is 382 g/mol. The highest BCUT2D eigenvalue weighted by Gasteiger charge is 2.23. The molecule has 4 aromatic rings. The molecule has 4 heteroatoms. The lowest BCUT2D eigenvalue weighted by Crippen LogP contribution is -2.05. The molecule has 0 spiro atoms. The lowest BCUT2D eigenvalue weighted by atomic mass is 9.90. The number of carboxylic acid groups (broad SMARTS) is 1. The highest BCUT2D eigenvalue weighted by atomic mass is 16.4. The molecule has 5 rings (SSSR count). The minimum absolute atomic E-state index is 0.336. The number of hydrogen-bond acceptors (Lipinski definition) is 2. The number of nitrogens with zero attached hydrogens (tertiary/aromatic N) is 2. The molecule has 0 amide bonds. The zero-order valence-corrected chi connectivity index (χ0v) is 16.1. The van der Waals surface area contributed by atoms with Gasteiger partial charge in [0.25, 0.3) is 0 Å². The van der Waals surface area contributed by atoms with Crippen molar-refractivity contribution in [2.24, 2.45) is 0 Å². The first kappa shape index (κ1) is 17.7. The zero-order valence-electron chi connectivity index (χ0n) is 16.1. The molecule has 29 heavy (non-hydrogen) atoms. The van der Waals surface area contributed by atoms with E-state index in [1.165, 1.54) is 12.8 Å². The molecular formula is C25H22N2O2. The molecule has 0 atom stereocenters. The quantitative estimate of drug-likeness (QED) is 0.469. The molecule has 2 heterocycles. The van der Waals surface area contributed by atoms with Gasteiger partial charge in [-0.3, -0.25) is 0 Å². The van der Waals surface area contributed by atoms with Crippen molar-refractivity contribution in [3.8, 4) is 22.3 Å². The van der Waals surface area contributed by atoms with Gasteiger partial charge in [0.2, 0.25) is 0 Å². The predicted molar refractivity (Wildman–Crippen MR) is 114 cm³/mol. The number of aromatic carboxylic acids is 1. The number of hydrogen-bond donors (Lipinski definition) is 1. The van der Waals surface area contributed by atoms with E-state index in [9.17, 15) is 9.90 Å². The zero-order chi connectivity index (χ0) is 19.8. The maximum Gasteiger partial charge on any atom is 0.335 e. The van der Waals surface area contributed by atoms with Crippen molar-refractivity contribution in [1.29, 1.82) is 0 Å². The summed E-state index contributed by atoms with van der Waals surface area (Å²) >= 11 is 0. The van der Waals surface area contributed by atoms with Gasteiger partial charge >= 0.3 is 5.97 Å². The van der Waals surface area contributed by atoms with Gasteiger partial charge in [-0.15, -0.1) is 0 Å². The molecule has 1 aliphatic rings. The first-order valence-corrected chi connectivity index (χ1v) is 10.1. The van der Waals surface area contributed by atoms with Gasteiger partial charge in [0.15, 0.2) is 0 Å². The van der Waals surface area contributed by atoms with Crippen molar-refractivity contribution in [2.75, 3.05) is 0 Å². The number of fused-ring (bicyclic) bond motifs is 1. The summed E-state index contributed by atoms with van der Waals surface area (Å²) in [6, 6.07) is 20.2. The predicted octanol–water partition coefficient (Wildman–Crippen LogP) is 6.02. The molecule has 0 radical (unpaired) electrons. The Hall–Kier alpha value is -3.40. The van der Waals surface area contributed by atoms with Crippen molar-refractivity contribution in [1.82, 2.24) is 9.61 Å². The van der Waals surface area contributed by atoms with E-state index in [0.29, 0.717) is 11.5 Å². The normalized spacial score (nSPS) is 14.5. The summed E-state index contributed by atoms with van der Waals surface area (Å²) in [5, 5.41) is 14.2. The Labute approximate surface area is 169 Å². The second-order valence-electron chi connectivity index (χ2n) is 7.76. The number of rotatable bonds is 4. The lowest BCUT2D eigenvalue weighted by molar-refractivity contribution is 0.0695. The molecule has 1 N–H and O–H groups in total. The monoisotopic (exact) mass is 382 g/mol. The van der Waals surface area contributed by atoms with Gasteiger partial charge in [0.1, 0.15) is 0 Å². The summed E-state index contributed by atoms with van der Waals surface area (Å²) in [5.41, 5.74) is 6.77. The molecule has 1 saturated carbocycles. The number of carboxylic acids is 1. The molecule has 4 nitrogen and oxygen atoms in total. The van der Waals surface area contributed by atoms with Crippen LogP contribution in [0.15, 0.2) is 73.1 Å². The van der Waals surface area contributed by atoms with Gasteiger partial charge in [-0.25, -0.2) is 9.31 Å². The molecule has 0 aliphatic heterocycles. The van der Waals surface area contributed by atoms with Crippen LogP contribution in [-0.2, 0) is 0 Å². The molecule has 1 fully saturated rings. The number of aromatic nitrogens is 2. The van der Waals surface area contributed by atoms with Gasteiger partial charge < -0.3 is 5.11 Å². The van der Waals surface area contributed by atoms with Crippen molar-refractivity contribution < 1.29 is 9.90 Å². The van der Waals surface area contributed by atoms with Crippen molar-refractivity contribution in [2.45, 2.75) is 31.6 Å². The van der Waals surface area contributed by atoms with Crippen LogP contribution in [0, 0.1) is 0 Å². The fraction of sp³-hybridized carbons (Fsp3) is 0.200. The Morgan fingerprint density at radius 3 is 2.48 bits per heavy atom. The third-order valence-corrected chi connectivity index (χ3v) is 6.02. The summed E-state index contributed by atoms with van der Waals surface area (Å²) in [4.78, 5) is 11.8. The van der Waals surface area contributed by atoms with E-state index in [1.807, 2.05) is 41.2 Å². The van der Waals surface area contributed by atoms with E-state index in [0.717, 1.165) is 46.2 Å². The molecule has 0 unspecified atom stereocenters. The fourth-order valence-electron chi connectivity index (χ4n) is 4.51. The van der Waals surface area contributed by atoms with Crippen LogP contribution < -0.4 is 0 Å². The Balaban J connectivity index is 1.63. The molecule has 2 aromatic heterocycles. The van der Waals surface area contributed by atoms with E-state index >= 15 is 0 Å². The summed E-state index contributed by atoms with van der Waals surface area (Å²) in [5.74, 6) is -0.507. The highest BCUT2D eigenvalue weighted by Crippen LogP contribution is 2.38. The molecule has 144 valence electrons. The van der Waals surface area contributed by atoms with E-state index in [4.69, 9.17) is 0 Å². The standard InChI is InChI=1S/C25H22N2O2/c28-25(29)21-11-10-20(14-22(21)18-8-4-5-9-18)23-16-26-27-13-12-19(15-24(23)27)17-6-2-1-3-7-17/h1-3,6-7,10-16,18H,4-5,8-9H2,(H,28,29). The summed E-state index contributed by atoms with van der Waals surface area (Å²) in [7, 11) is 0. The van der Waals surface area contributed by atoms with Crippen LogP contribution in [-0.4, -0.2) is 20.7 Å². The van der Waals surface area contributed by atoms with Crippen LogP contribution in [0.4, 0.5) is 0 Å². The van der Waals surface area contributed by atoms with Gasteiger partial charge in [-0.05, 0) is 65.3 Å². The molecule has 0 saturated heterocycles. The van der Waals surface area contributed by atoms with Crippen molar-refractivity contribution in [3.63, 3.8) is 0 Å². The summed E-state index contributed by atoms with van der Waals surface area (Å²) in [6.07, 6.45) is 8.33. The van der Waals surface area contributed by atoms with E-state index in [-0.39, 0.29) is 0 Å². The Morgan fingerprint density at radius 1 is 0.931 bits per heavy atom. The third-order valence-electron chi connectivity index (χ3n) is 6.02. The van der Waals surface area contributed by atoms with Crippen LogP contribution in [0.1, 0.15) is 47.5 Å². The largest absolute Gasteiger partial charge is 0.478 e. The fourth-order valence-corrected chi connectivity index (χ4v) is 4.51. The molecule has 1 aliphatic carbocycles. The number of carbonyl (C=O) groups is 1. The Bertz CT molecular complexity index is 1190. The van der Waals surface area contributed by atoms with Crippen LogP contribution in [0.3, 0.4) is 0 Å². The Kier molecular flexibility index (Phi) is 4.39. The van der Waals surface area contributed by atoms with Gasteiger partial charge in [-0.1, -0.05) is 49.2 Å². The van der Waals surface area contributed by atoms with E-state index < -0.39 is 5.97 Å². The smallest absolute Gasteiger partial charge is 0.335 e. The topological polar surface area (TPSA) is 54.6 Å². The third kappa shape index (κ3) is 3.21. The Morgan fingerprint density at radius 2 is 1.72 bits per heavy atom. The highest BCUT2D eigenvalue weighted by molar-refractivity contribution is 5.92. The van der Waals surface area contributed by atoms with Gasteiger partial charge in [0, 0.05) is 11.8 Å². The molecule has 0 bridgehead atoms. The minimum atomic E-state index is -0.843. The first-order valence-electron chi connectivity index (χ1n) is 10.1.